The van der Waals surface area contributed by atoms with Crippen LogP contribution in [0, 0.1) is 5.41 Å². The molecule has 96 valence electrons. The van der Waals surface area contributed by atoms with Gasteiger partial charge in [0.25, 0.3) is 0 Å². The molecule has 0 atom stereocenters. The summed E-state index contributed by atoms with van der Waals surface area (Å²) in [5, 5.41) is 0. The molecule has 0 radical (unpaired) electrons. The van der Waals surface area contributed by atoms with E-state index in [9.17, 15) is 0 Å². The maximum Gasteiger partial charge on any atom is 0.0109 e. The van der Waals surface area contributed by atoms with Crippen LogP contribution in [-0.4, -0.2) is 49.6 Å². The summed E-state index contributed by atoms with van der Waals surface area (Å²) in [6.45, 7) is 13.4. The van der Waals surface area contributed by atoms with Gasteiger partial charge in [0, 0.05) is 13.1 Å². The minimum atomic E-state index is 0.472. The Balaban J connectivity index is 2.07. The van der Waals surface area contributed by atoms with E-state index in [4.69, 9.17) is 0 Å². The topological polar surface area (TPSA) is 6.48 Å². The summed E-state index contributed by atoms with van der Waals surface area (Å²) in [5.74, 6) is 0. The number of rotatable bonds is 5. The Morgan fingerprint density at radius 1 is 1.00 bits per heavy atom. The summed E-state index contributed by atoms with van der Waals surface area (Å²) >= 11 is 0. The van der Waals surface area contributed by atoms with Gasteiger partial charge in [-0.15, -0.1) is 0 Å². The minimum absolute atomic E-state index is 0.472. The molecule has 0 aromatic rings. The number of likely N-dealkylation sites (N-methyl/N-ethyl adjacent to an activating group) is 1. The van der Waals surface area contributed by atoms with E-state index in [1.807, 2.05) is 0 Å². The molecule has 0 aromatic carbocycles. The van der Waals surface area contributed by atoms with Crippen LogP contribution in [0.25, 0.3) is 0 Å². The van der Waals surface area contributed by atoms with Crippen molar-refractivity contribution in [2.45, 2.75) is 46.5 Å². The number of hydrogen-bond acceptors (Lipinski definition) is 2. The van der Waals surface area contributed by atoms with Crippen LogP contribution in [0.15, 0.2) is 0 Å². The van der Waals surface area contributed by atoms with Gasteiger partial charge in [0.1, 0.15) is 0 Å². The highest BCUT2D eigenvalue weighted by molar-refractivity contribution is 4.68. The smallest absolute Gasteiger partial charge is 0.0109 e. The maximum absolute atomic E-state index is 2.62. The van der Waals surface area contributed by atoms with E-state index in [-0.39, 0.29) is 0 Å². The van der Waals surface area contributed by atoms with Gasteiger partial charge >= 0.3 is 0 Å². The Kier molecular flexibility index (Phi) is 5.77. The molecule has 0 aromatic heterocycles. The van der Waals surface area contributed by atoms with Crippen LogP contribution >= 0.6 is 0 Å². The Morgan fingerprint density at radius 2 is 1.62 bits per heavy atom. The Bertz CT molecular complexity index is 178. The zero-order chi connectivity index (χ0) is 12.0. The first-order chi connectivity index (χ1) is 7.47. The molecule has 1 heterocycles. The number of likely N-dealkylation sites (tertiary alicyclic amines) is 1. The van der Waals surface area contributed by atoms with Crippen molar-refractivity contribution >= 4 is 0 Å². The lowest BCUT2D eigenvalue weighted by molar-refractivity contribution is 0.186. The first-order valence-electron chi connectivity index (χ1n) is 6.88. The molecule has 1 saturated heterocycles. The molecular formula is C14H30N2. The zero-order valence-corrected chi connectivity index (χ0v) is 11.8. The average molecular weight is 226 g/mol. The van der Waals surface area contributed by atoms with Crippen LogP contribution in [-0.2, 0) is 0 Å². The van der Waals surface area contributed by atoms with E-state index >= 15 is 0 Å². The highest BCUT2D eigenvalue weighted by atomic mass is 15.2. The van der Waals surface area contributed by atoms with E-state index in [2.05, 4.69) is 37.6 Å². The van der Waals surface area contributed by atoms with Gasteiger partial charge in [0.05, 0.1) is 0 Å². The first kappa shape index (κ1) is 14.0. The molecule has 2 nitrogen and oxygen atoms in total. The van der Waals surface area contributed by atoms with Crippen LogP contribution < -0.4 is 0 Å². The molecule has 0 aliphatic carbocycles. The van der Waals surface area contributed by atoms with Gasteiger partial charge in [-0.2, -0.15) is 0 Å². The second-order valence-electron chi connectivity index (χ2n) is 6.52. The van der Waals surface area contributed by atoms with E-state index < -0.39 is 0 Å². The summed E-state index contributed by atoms with van der Waals surface area (Å²) in [5.41, 5.74) is 0.472. The lowest BCUT2D eigenvalue weighted by Gasteiger charge is -2.29. The van der Waals surface area contributed by atoms with Crippen LogP contribution in [0.3, 0.4) is 0 Å². The molecule has 0 N–H and O–H groups in total. The molecule has 0 spiro atoms. The van der Waals surface area contributed by atoms with Crippen molar-refractivity contribution < 1.29 is 0 Å². The lowest BCUT2D eigenvalue weighted by atomic mass is 9.92. The fourth-order valence-corrected chi connectivity index (χ4v) is 2.13. The second kappa shape index (κ2) is 6.61. The normalized spacial score (nSPS) is 19.3. The van der Waals surface area contributed by atoms with Gasteiger partial charge in [-0.1, -0.05) is 27.2 Å². The highest BCUT2D eigenvalue weighted by Gasteiger charge is 2.13. The van der Waals surface area contributed by atoms with Crippen LogP contribution in [0.2, 0.25) is 0 Å². The van der Waals surface area contributed by atoms with Crippen molar-refractivity contribution in [1.82, 2.24) is 9.80 Å². The molecule has 0 bridgehead atoms. The summed E-state index contributed by atoms with van der Waals surface area (Å²) < 4.78 is 0. The SMILES string of the molecule is CN(CCN1CCCCC1)CCC(C)(C)C. The Labute approximate surface area is 102 Å². The van der Waals surface area contributed by atoms with Crippen LogP contribution in [0.5, 0.6) is 0 Å². The monoisotopic (exact) mass is 226 g/mol. The van der Waals surface area contributed by atoms with E-state index in [0.29, 0.717) is 5.41 Å². The van der Waals surface area contributed by atoms with E-state index in [0.717, 1.165) is 0 Å². The third kappa shape index (κ3) is 6.49. The molecule has 1 rings (SSSR count). The summed E-state index contributed by atoms with van der Waals surface area (Å²) in [6, 6.07) is 0. The van der Waals surface area contributed by atoms with Crippen molar-refractivity contribution in [2.24, 2.45) is 5.41 Å². The first-order valence-corrected chi connectivity index (χ1v) is 6.88. The van der Waals surface area contributed by atoms with Crippen molar-refractivity contribution in [3.63, 3.8) is 0 Å². The average Bonchev–Trinajstić information content (AvgIpc) is 2.24. The molecule has 16 heavy (non-hydrogen) atoms. The lowest BCUT2D eigenvalue weighted by Crippen LogP contribution is -2.37. The maximum atomic E-state index is 2.62. The molecule has 0 saturated carbocycles. The zero-order valence-electron chi connectivity index (χ0n) is 11.8. The second-order valence-corrected chi connectivity index (χ2v) is 6.52. The predicted octanol–water partition coefficient (Wildman–Crippen LogP) is 2.84. The van der Waals surface area contributed by atoms with Crippen molar-refractivity contribution in [2.75, 3.05) is 39.8 Å². The van der Waals surface area contributed by atoms with Crippen molar-refractivity contribution in [3.8, 4) is 0 Å². The van der Waals surface area contributed by atoms with Crippen LogP contribution in [0.1, 0.15) is 46.5 Å². The van der Waals surface area contributed by atoms with Crippen molar-refractivity contribution in [1.29, 1.82) is 0 Å². The third-order valence-corrected chi connectivity index (χ3v) is 3.49. The summed E-state index contributed by atoms with van der Waals surface area (Å²) in [4.78, 5) is 5.11. The number of hydrogen-bond donors (Lipinski definition) is 0. The summed E-state index contributed by atoms with van der Waals surface area (Å²) in [7, 11) is 2.26. The van der Waals surface area contributed by atoms with Gasteiger partial charge in [0.2, 0.25) is 0 Å². The molecule has 1 aliphatic heterocycles. The molecule has 1 aliphatic rings. The van der Waals surface area contributed by atoms with Gasteiger partial charge in [-0.3, -0.25) is 0 Å². The Morgan fingerprint density at radius 3 is 2.19 bits per heavy atom. The van der Waals surface area contributed by atoms with Crippen molar-refractivity contribution in [3.05, 3.63) is 0 Å². The predicted molar refractivity (Wildman–Crippen MR) is 71.9 cm³/mol. The fourth-order valence-electron chi connectivity index (χ4n) is 2.13. The number of nitrogens with zero attached hydrogens (tertiary/aromatic N) is 2. The van der Waals surface area contributed by atoms with Gasteiger partial charge in [-0.25, -0.2) is 0 Å². The molecule has 1 fully saturated rings. The standard InChI is InChI=1S/C14H30N2/c1-14(2,3)8-11-15(4)12-13-16-9-6-5-7-10-16/h5-13H2,1-4H3. The van der Waals surface area contributed by atoms with E-state index in [1.54, 1.807) is 0 Å². The number of piperidine rings is 1. The van der Waals surface area contributed by atoms with Gasteiger partial charge in [0.15, 0.2) is 0 Å². The molecular weight excluding hydrogens is 196 g/mol. The third-order valence-electron chi connectivity index (χ3n) is 3.49. The Hall–Kier alpha value is -0.0800. The molecule has 0 amide bonds. The largest absolute Gasteiger partial charge is 0.305 e. The quantitative estimate of drug-likeness (QED) is 0.711. The highest BCUT2D eigenvalue weighted by Crippen LogP contribution is 2.18. The van der Waals surface area contributed by atoms with Crippen LogP contribution in [0.4, 0.5) is 0 Å². The van der Waals surface area contributed by atoms with E-state index in [1.165, 1.54) is 58.4 Å². The minimum Gasteiger partial charge on any atom is -0.305 e. The van der Waals surface area contributed by atoms with Gasteiger partial charge in [-0.05, 0) is 51.4 Å². The molecule has 2 heteroatoms. The van der Waals surface area contributed by atoms with Gasteiger partial charge < -0.3 is 9.80 Å². The fraction of sp³-hybridized carbons (Fsp3) is 1.00. The summed E-state index contributed by atoms with van der Waals surface area (Å²) in [6.07, 6.45) is 5.55. The molecule has 0 unspecified atom stereocenters.